The molecule has 1 spiro atoms. The van der Waals surface area contributed by atoms with E-state index in [2.05, 4.69) is 79.9 Å². The topological polar surface area (TPSA) is 169 Å². The van der Waals surface area contributed by atoms with Crippen molar-refractivity contribution in [2.45, 2.75) is 159 Å². The maximum atomic E-state index is 15.3. The summed E-state index contributed by atoms with van der Waals surface area (Å²) >= 11 is 0. The molecule has 2 N–H and O–H groups in total. The van der Waals surface area contributed by atoms with Gasteiger partial charge in [-0.25, -0.2) is 15.0 Å². The molecular weight excluding hydrogens is 919 g/mol. The fourth-order valence-electron chi connectivity index (χ4n) is 13.5. The van der Waals surface area contributed by atoms with Crippen LogP contribution >= 0.6 is 0 Å². The lowest BCUT2D eigenvalue weighted by Crippen LogP contribution is -2.59. The minimum Gasteiger partial charge on any atom is -0.366 e. The van der Waals surface area contributed by atoms with E-state index in [1.54, 1.807) is 6.20 Å². The van der Waals surface area contributed by atoms with Crippen molar-refractivity contribution in [1.29, 1.82) is 0 Å². The summed E-state index contributed by atoms with van der Waals surface area (Å²) in [5.74, 6) is 1.72. The number of anilines is 3. The largest absolute Gasteiger partial charge is 0.366 e. The molecule has 3 aromatic heterocycles. The number of carbonyl (C=O) groups is 5. The highest BCUT2D eigenvalue weighted by atomic mass is 16.2. The molecule has 7 fully saturated rings. The Morgan fingerprint density at radius 2 is 1.55 bits per heavy atom. The van der Waals surface area contributed by atoms with Crippen LogP contribution in [0.5, 0.6) is 0 Å². The van der Waals surface area contributed by atoms with Crippen LogP contribution in [0.2, 0.25) is 0 Å². The SMILES string of the molecule is CC(C)n1cnc2cc(-c3ccc4c(c3)N(C3CC(N5CCCCC5)C3)C(=O)C43CCN(C(=O)C4(C)CCN(C(=O)CC5CCN(c6ccc([C@H]7CCC(=O)NC7=O)cn6)CC5)CC4)CC3)nc(NC3CC3)c21. The third-order valence-corrected chi connectivity index (χ3v) is 18.5. The Hall–Kier alpha value is -5.90. The first-order valence-electron chi connectivity index (χ1n) is 27.8. The first-order chi connectivity index (χ1) is 35.3. The van der Waals surface area contributed by atoms with Crippen molar-refractivity contribution >= 4 is 57.9 Å². The number of imide groups is 1. The molecule has 8 aliphatic rings. The van der Waals surface area contributed by atoms with Crippen molar-refractivity contribution in [3.05, 3.63) is 60.0 Å². The number of aromatic nitrogens is 4. The van der Waals surface area contributed by atoms with Crippen LogP contribution in [0, 0.1) is 11.3 Å². The van der Waals surface area contributed by atoms with Crippen molar-refractivity contribution < 1.29 is 24.0 Å². The molecule has 1 aromatic carbocycles. The van der Waals surface area contributed by atoms with Gasteiger partial charge >= 0.3 is 0 Å². The molecule has 12 rings (SSSR count). The number of amides is 5. The van der Waals surface area contributed by atoms with E-state index in [-0.39, 0.29) is 53.5 Å². The predicted molar refractivity (Wildman–Crippen MR) is 280 cm³/mol. The van der Waals surface area contributed by atoms with Crippen LogP contribution in [0.4, 0.5) is 17.3 Å². The molecule has 16 heteroatoms. The van der Waals surface area contributed by atoms with Crippen LogP contribution in [-0.2, 0) is 29.4 Å². The molecule has 4 aromatic rings. The highest BCUT2D eigenvalue weighted by Gasteiger charge is 2.56. The third kappa shape index (κ3) is 8.96. The van der Waals surface area contributed by atoms with Crippen LogP contribution in [0.15, 0.2) is 48.9 Å². The van der Waals surface area contributed by atoms with E-state index in [1.807, 2.05) is 28.3 Å². The van der Waals surface area contributed by atoms with E-state index in [4.69, 9.17) is 9.97 Å². The summed E-state index contributed by atoms with van der Waals surface area (Å²) in [5.41, 5.74) is 5.48. The summed E-state index contributed by atoms with van der Waals surface area (Å²) in [6, 6.07) is 13.9. The number of hydrogen-bond donors (Lipinski definition) is 2. The van der Waals surface area contributed by atoms with Crippen molar-refractivity contribution in [1.82, 2.24) is 39.5 Å². The third-order valence-electron chi connectivity index (χ3n) is 18.5. The van der Waals surface area contributed by atoms with Gasteiger partial charge in [0, 0.05) is 99.1 Å². The number of pyridine rings is 2. The van der Waals surface area contributed by atoms with Crippen molar-refractivity contribution in [2.75, 3.05) is 67.5 Å². The number of nitrogens with zero attached hydrogens (tertiary/aromatic N) is 9. The smallest absolute Gasteiger partial charge is 0.238 e. The maximum Gasteiger partial charge on any atom is 0.238 e. The van der Waals surface area contributed by atoms with Gasteiger partial charge < -0.3 is 34.4 Å². The molecule has 5 saturated heterocycles. The fourth-order valence-corrected chi connectivity index (χ4v) is 13.5. The molecule has 386 valence electrons. The van der Waals surface area contributed by atoms with Gasteiger partial charge in [0.1, 0.15) is 11.3 Å². The van der Waals surface area contributed by atoms with Crippen LogP contribution in [0.3, 0.4) is 0 Å². The van der Waals surface area contributed by atoms with Gasteiger partial charge in [-0.3, -0.25) is 29.3 Å². The first kappa shape index (κ1) is 48.1. The van der Waals surface area contributed by atoms with Crippen LogP contribution in [-0.4, -0.2) is 134 Å². The van der Waals surface area contributed by atoms with Crippen LogP contribution in [0.1, 0.15) is 147 Å². The lowest BCUT2D eigenvalue weighted by Gasteiger charge is -2.48. The molecule has 9 heterocycles. The van der Waals surface area contributed by atoms with E-state index in [0.29, 0.717) is 83.2 Å². The standard InChI is InChI=1S/C57H73N11O5/c1-36(2)67-35-59-46-33-45(61-52(51(46)67)60-40-9-10-40)38-7-12-44-47(30-38)68(42-31-41(32-42)63-21-5-4-6-22-63)55(73)57(44)19-27-66(28-20-57)54(72)56(3)17-25-65(26-18-56)50(70)29-37-15-23-64(24-16-37)48-13-8-39(34-58-48)43-11-14-49(69)62-53(43)71/h7-8,12-13,30,33-37,40-43H,4-6,9-11,14-29,31-32H2,1-3H3,(H,60,61)(H,62,69,71)/t41?,42?,43-/m1/s1. The maximum absolute atomic E-state index is 15.3. The number of benzene rings is 1. The van der Waals surface area contributed by atoms with Crippen molar-refractivity contribution in [3.8, 4) is 11.3 Å². The summed E-state index contributed by atoms with van der Waals surface area (Å²) < 4.78 is 2.20. The molecular formula is C57H73N11O5. The van der Waals surface area contributed by atoms with E-state index in [9.17, 15) is 19.2 Å². The van der Waals surface area contributed by atoms with E-state index >= 15 is 4.79 Å². The van der Waals surface area contributed by atoms with Gasteiger partial charge in [0.2, 0.25) is 29.5 Å². The summed E-state index contributed by atoms with van der Waals surface area (Å²) in [6.45, 7) is 12.6. The molecule has 0 bridgehead atoms. The second kappa shape index (κ2) is 19.1. The van der Waals surface area contributed by atoms with Gasteiger partial charge in [0.05, 0.1) is 28.9 Å². The van der Waals surface area contributed by atoms with Gasteiger partial charge in [-0.15, -0.1) is 0 Å². The molecule has 0 radical (unpaired) electrons. The van der Waals surface area contributed by atoms with E-state index < -0.39 is 10.8 Å². The number of fused-ring (bicyclic) bond motifs is 3. The first-order valence-corrected chi connectivity index (χ1v) is 27.8. The van der Waals surface area contributed by atoms with Crippen molar-refractivity contribution in [2.24, 2.45) is 11.3 Å². The lowest BCUT2D eigenvalue weighted by molar-refractivity contribution is -0.149. The Kier molecular flexibility index (Phi) is 12.6. The summed E-state index contributed by atoms with van der Waals surface area (Å²) in [7, 11) is 0. The van der Waals surface area contributed by atoms with E-state index in [0.717, 1.165) is 115 Å². The average Bonchev–Trinajstić information content (AvgIpc) is 4.06. The van der Waals surface area contributed by atoms with Gasteiger partial charge in [-0.2, -0.15) is 0 Å². The number of rotatable bonds is 11. The molecule has 2 aliphatic carbocycles. The van der Waals surface area contributed by atoms with Gasteiger partial charge in [-0.1, -0.05) is 31.5 Å². The molecule has 2 saturated carbocycles. The number of hydrogen-bond acceptors (Lipinski definition) is 11. The Balaban J connectivity index is 0.689. The van der Waals surface area contributed by atoms with Gasteiger partial charge in [0.15, 0.2) is 5.82 Å². The minimum atomic E-state index is -0.682. The molecule has 0 unspecified atom stereocenters. The predicted octanol–water partition coefficient (Wildman–Crippen LogP) is 7.33. The van der Waals surface area contributed by atoms with Gasteiger partial charge in [0.25, 0.3) is 0 Å². The second-order valence-electron chi connectivity index (χ2n) is 23.6. The number of imidazole rings is 1. The number of piperidine rings is 5. The summed E-state index contributed by atoms with van der Waals surface area (Å²) in [5, 5.41) is 6.14. The lowest BCUT2D eigenvalue weighted by atomic mass is 9.72. The van der Waals surface area contributed by atoms with Crippen molar-refractivity contribution in [3.63, 3.8) is 0 Å². The monoisotopic (exact) mass is 992 g/mol. The average molecular weight is 992 g/mol. The Morgan fingerprint density at radius 3 is 2.23 bits per heavy atom. The second-order valence-corrected chi connectivity index (χ2v) is 23.6. The summed E-state index contributed by atoms with van der Waals surface area (Å²) in [4.78, 5) is 93.5. The zero-order chi connectivity index (χ0) is 50.2. The number of nitrogens with one attached hydrogen (secondary N) is 2. The molecule has 6 aliphatic heterocycles. The summed E-state index contributed by atoms with van der Waals surface area (Å²) in [6.07, 6.45) is 17.3. The van der Waals surface area contributed by atoms with Crippen LogP contribution < -0.4 is 20.4 Å². The number of likely N-dealkylation sites (tertiary alicyclic amines) is 3. The highest BCUT2D eigenvalue weighted by Crippen LogP contribution is 2.53. The number of carbonyl (C=O) groups excluding carboxylic acids is 5. The van der Waals surface area contributed by atoms with Crippen LogP contribution in [0.25, 0.3) is 22.3 Å². The molecule has 73 heavy (non-hydrogen) atoms. The Bertz CT molecular complexity index is 2790. The zero-order valence-corrected chi connectivity index (χ0v) is 43.1. The normalized spacial score (nSPS) is 25.6. The van der Waals surface area contributed by atoms with Gasteiger partial charge in [-0.05, 0) is 146 Å². The molecule has 16 nitrogen and oxygen atoms in total. The minimum absolute atomic E-state index is 0.145. The highest BCUT2D eigenvalue weighted by molar-refractivity contribution is 6.09. The zero-order valence-electron chi connectivity index (χ0n) is 43.1. The Morgan fingerprint density at radius 1 is 0.808 bits per heavy atom. The fraction of sp³-hybridized carbons (Fsp3) is 0.614. The quantitative estimate of drug-likeness (QED) is 0.144. The van der Waals surface area contributed by atoms with E-state index in [1.165, 1.54) is 19.3 Å². The Labute approximate surface area is 429 Å². The molecule has 1 atom stereocenters. The molecule has 5 amide bonds.